The molecule has 0 spiro atoms. The van der Waals surface area contributed by atoms with Gasteiger partial charge in [0.15, 0.2) is 0 Å². The Bertz CT molecular complexity index is 399. The van der Waals surface area contributed by atoms with E-state index < -0.39 is 6.10 Å². The van der Waals surface area contributed by atoms with Gasteiger partial charge in [0.05, 0.1) is 19.1 Å². The molecule has 2 N–H and O–H groups in total. The third kappa shape index (κ3) is 5.42. The lowest BCUT2D eigenvalue weighted by Crippen LogP contribution is -2.30. The first-order valence-corrected chi connectivity index (χ1v) is 6.85. The van der Waals surface area contributed by atoms with Crippen LogP contribution in [0.5, 0.6) is 0 Å². The lowest BCUT2D eigenvalue weighted by Gasteiger charge is -2.14. The number of hydrogen-bond donors (Lipinski definition) is 2. The van der Waals surface area contributed by atoms with Crippen LogP contribution >= 0.6 is 0 Å². The van der Waals surface area contributed by atoms with Crippen LogP contribution < -0.4 is 5.32 Å². The average molecular weight is 267 g/mol. The average Bonchev–Trinajstić information content (AvgIpc) is 2.72. The molecule has 0 fully saturated rings. The van der Waals surface area contributed by atoms with E-state index in [4.69, 9.17) is 0 Å². The molecule has 1 atom stereocenters. The van der Waals surface area contributed by atoms with Gasteiger partial charge >= 0.3 is 0 Å². The van der Waals surface area contributed by atoms with Crippen LogP contribution in [0.15, 0.2) is 12.4 Å². The maximum Gasteiger partial charge on any atom is 0.222 e. The van der Waals surface area contributed by atoms with Gasteiger partial charge in [-0.25, -0.2) is 4.98 Å². The molecule has 0 radical (unpaired) electrons. The van der Waals surface area contributed by atoms with E-state index in [2.05, 4.69) is 24.1 Å². The fourth-order valence-corrected chi connectivity index (χ4v) is 1.74. The van der Waals surface area contributed by atoms with Gasteiger partial charge in [-0.15, -0.1) is 0 Å². The molecule has 108 valence electrons. The van der Waals surface area contributed by atoms with E-state index in [1.807, 2.05) is 24.6 Å². The quantitative estimate of drug-likeness (QED) is 0.788. The van der Waals surface area contributed by atoms with Crippen LogP contribution in [0.2, 0.25) is 0 Å². The normalized spacial score (nSPS) is 13.0. The molecule has 0 aliphatic heterocycles. The first kappa shape index (κ1) is 15.7. The number of rotatable bonds is 7. The second-order valence-corrected chi connectivity index (χ2v) is 5.68. The van der Waals surface area contributed by atoms with E-state index >= 15 is 0 Å². The maximum atomic E-state index is 11.7. The molecule has 0 aromatic carbocycles. The van der Waals surface area contributed by atoms with Crippen LogP contribution in [0.25, 0.3) is 0 Å². The van der Waals surface area contributed by atoms with Gasteiger partial charge < -0.3 is 15.0 Å². The van der Waals surface area contributed by atoms with Crippen molar-refractivity contribution in [3.8, 4) is 0 Å². The number of carbonyl (C=O) groups is 1. The van der Waals surface area contributed by atoms with E-state index in [0.717, 1.165) is 12.4 Å². The summed E-state index contributed by atoms with van der Waals surface area (Å²) in [7, 11) is 0. The zero-order valence-corrected chi connectivity index (χ0v) is 12.3. The number of hydrogen-bond acceptors (Lipinski definition) is 3. The molecule has 1 rings (SSSR count). The first-order chi connectivity index (χ1) is 8.90. The largest absolute Gasteiger partial charge is 0.392 e. The Kier molecular flexibility index (Phi) is 6.02. The zero-order valence-electron chi connectivity index (χ0n) is 12.3. The van der Waals surface area contributed by atoms with Crippen molar-refractivity contribution < 1.29 is 9.90 Å². The van der Waals surface area contributed by atoms with Crippen molar-refractivity contribution in [3.05, 3.63) is 18.2 Å². The first-order valence-electron chi connectivity index (χ1n) is 6.85. The summed E-state index contributed by atoms with van der Waals surface area (Å²) in [6.45, 7) is 9.37. The van der Waals surface area contributed by atoms with Crippen molar-refractivity contribution in [2.24, 2.45) is 11.8 Å². The summed E-state index contributed by atoms with van der Waals surface area (Å²) in [4.78, 5) is 15.9. The van der Waals surface area contributed by atoms with Gasteiger partial charge in [-0.1, -0.05) is 27.7 Å². The lowest BCUT2D eigenvalue weighted by atomic mass is 10.0. The molecule has 0 aliphatic rings. The van der Waals surface area contributed by atoms with Crippen molar-refractivity contribution in [1.29, 1.82) is 0 Å². The molecular weight excluding hydrogens is 242 g/mol. The Morgan fingerprint density at radius 1 is 1.42 bits per heavy atom. The summed E-state index contributed by atoms with van der Waals surface area (Å²) in [6, 6.07) is 0. The van der Waals surface area contributed by atoms with Gasteiger partial charge in [-0.2, -0.15) is 0 Å². The summed E-state index contributed by atoms with van der Waals surface area (Å²) >= 11 is 0. The lowest BCUT2D eigenvalue weighted by molar-refractivity contribution is -0.123. The van der Waals surface area contributed by atoms with Crippen molar-refractivity contribution in [2.45, 2.75) is 53.3 Å². The predicted octanol–water partition coefficient (Wildman–Crippen LogP) is 1.56. The van der Waals surface area contributed by atoms with Crippen LogP contribution in [0.3, 0.4) is 0 Å². The van der Waals surface area contributed by atoms with Gasteiger partial charge in [-0.05, 0) is 11.8 Å². The van der Waals surface area contributed by atoms with Crippen molar-refractivity contribution in [1.82, 2.24) is 14.9 Å². The fraction of sp³-hybridized carbons (Fsp3) is 0.714. The van der Waals surface area contributed by atoms with E-state index in [0.29, 0.717) is 12.5 Å². The number of aliphatic hydroxyl groups excluding tert-OH is 1. The Morgan fingerprint density at radius 3 is 2.68 bits per heavy atom. The fourth-order valence-electron chi connectivity index (χ4n) is 1.74. The number of nitrogens with one attached hydrogen (secondary N) is 1. The molecule has 0 saturated carbocycles. The van der Waals surface area contributed by atoms with Crippen molar-refractivity contribution >= 4 is 5.91 Å². The van der Waals surface area contributed by atoms with Crippen molar-refractivity contribution in [3.63, 3.8) is 0 Å². The molecule has 19 heavy (non-hydrogen) atoms. The molecule has 1 heterocycles. The molecule has 1 aromatic heterocycles. The monoisotopic (exact) mass is 267 g/mol. The van der Waals surface area contributed by atoms with Crippen molar-refractivity contribution in [2.75, 3.05) is 0 Å². The Hall–Kier alpha value is -1.36. The van der Waals surface area contributed by atoms with Crippen LogP contribution in [0, 0.1) is 11.8 Å². The third-order valence-electron chi connectivity index (χ3n) is 2.97. The Morgan fingerprint density at radius 2 is 2.11 bits per heavy atom. The standard InChI is InChI=1S/C14H25N3O2/c1-10(2)9-17-6-5-15-13(17)8-16-14(19)7-12(18)11(3)4/h5-6,10-12,18H,7-9H2,1-4H3,(H,16,19). The predicted molar refractivity (Wildman–Crippen MR) is 74.4 cm³/mol. The maximum absolute atomic E-state index is 11.7. The number of aliphatic hydroxyl groups is 1. The smallest absolute Gasteiger partial charge is 0.222 e. The highest BCUT2D eigenvalue weighted by atomic mass is 16.3. The SMILES string of the molecule is CC(C)Cn1ccnc1CNC(=O)CC(O)C(C)C. The highest BCUT2D eigenvalue weighted by molar-refractivity contribution is 5.76. The highest BCUT2D eigenvalue weighted by Gasteiger charge is 2.14. The molecule has 0 saturated heterocycles. The van der Waals surface area contributed by atoms with Gasteiger partial charge in [0.25, 0.3) is 0 Å². The van der Waals surface area contributed by atoms with Crippen LogP contribution in [-0.4, -0.2) is 26.7 Å². The number of nitrogens with zero attached hydrogens (tertiary/aromatic N) is 2. The summed E-state index contributed by atoms with van der Waals surface area (Å²) in [5, 5.41) is 12.4. The van der Waals surface area contributed by atoms with E-state index in [1.54, 1.807) is 6.20 Å². The second-order valence-electron chi connectivity index (χ2n) is 5.68. The topological polar surface area (TPSA) is 67.2 Å². The molecule has 5 nitrogen and oxygen atoms in total. The molecule has 5 heteroatoms. The van der Waals surface area contributed by atoms with Crippen LogP contribution in [-0.2, 0) is 17.9 Å². The number of carbonyl (C=O) groups excluding carboxylic acids is 1. The molecule has 1 aromatic rings. The molecular formula is C14H25N3O2. The molecule has 1 amide bonds. The minimum Gasteiger partial charge on any atom is -0.392 e. The van der Waals surface area contributed by atoms with Gasteiger partial charge in [0.1, 0.15) is 5.82 Å². The summed E-state index contributed by atoms with van der Waals surface area (Å²) < 4.78 is 2.05. The molecule has 1 unspecified atom stereocenters. The number of aromatic nitrogens is 2. The second kappa shape index (κ2) is 7.28. The van der Waals surface area contributed by atoms with Crippen LogP contribution in [0.1, 0.15) is 39.9 Å². The molecule has 0 aliphatic carbocycles. The van der Waals surface area contributed by atoms with Crippen LogP contribution in [0.4, 0.5) is 0 Å². The summed E-state index contributed by atoms with van der Waals surface area (Å²) in [5.74, 6) is 1.33. The van der Waals surface area contributed by atoms with Gasteiger partial charge in [-0.3, -0.25) is 4.79 Å². The summed E-state index contributed by atoms with van der Waals surface area (Å²) in [6.07, 6.45) is 3.22. The minimum absolute atomic E-state index is 0.0914. The van der Waals surface area contributed by atoms with Gasteiger partial charge in [0, 0.05) is 18.9 Å². The minimum atomic E-state index is -0.588. The number of imidazole rings is 1. The number of amides is 1. The third-order valence-corrected chi connectivity index (χ3v) is 2.97. The molecule has 0 bridgehead atoms. The van der Waals surface area contributed by atoms with E-state index in [1.165, 1.54) is 0 Å². The van der Waals surface area contributed by atoms with E-state index in [9.17, 15) is 9.90 Å². The van der Waals surface area contributed by atoms with Gasteiger partial charge in [0.2, 0.25) is 5.91 Å². The Balaban J connectivity index is 2.44. The Labute approximate surface area is 115 Å². The van der Waals surface area contributed by atoms with E-state index in [-0.39, 0.29) is 18.2 Å². The zero-order chi connectivity index (χ0) is 14.4. The summed E-state index contributed by atoms with van der Waals surface area (Å²) in [5.41, 5.74) is 0. The highest BCUT2D eigenvalue weighted by Crippen LogP contribution is 2.06.